The fourth-order valence-corrected chi connectivity index (χ4v) is 3.13. The van der Waals surface area contributed by atoms with Crippen LogP contribution in [0.1, 0.15) is 43.7 Å². The molecule has 21 heavy (non-hydrogen) atoms. The molecule has 5 heteroatoms. The molecule has 1 aromatic rings. The Balaban J connectivity index is 0.00000220. The second-order valence-corrected chi connectivity index (χ2v) is 5.35. The summed E-state index contributed by atoms with van der Waals surface area (Å²) in [6.45, 7) is 0. The minimum Gasteiger partial charge on any atom is -0.493 e. The van der Waals surface area contributed by atoms with Gasteiger partial charge in [0.15, 0.2) is 11.5 Å². The first-order valence-corrected chi connectivity index (χ1v) is 7.27. The van der Waals surface area contributed by atoms with Crippen molar-refractivity contribution in [2.75, 3.05) is 21.3 Å². The lowest BCUT2D eigenvalue weighted by atomic mass is 9.81. The fourth-order valence-electron chi connectivity index (χ4n) is 3.13. The second-order valence-electron chi connectivity index (χ2n) is 5.35. The summed E-state index contributed by atoms with van der Waals surface area (Å²) in [6, 6.07) is 3.89. The van der Waals surface area contributed by atoms with Crippen LogP contribution in [0.3, 0.4) is 0 Å². The monoisotopic (exact) mass is 315 g/mol. The largest absolute Gasteiger partial charge is 0.493 e. The van der Waals surface area contributed by atoms with Crippen LogP contribution in [0.2, 0.25) is 0 Å². The van der Waals surface area contributed by atoms with Crippen LogP contribution in [0.4, 0.5) is 0 Å². The zero-order valence-electron chi connectivity index (χ0n) is 13.1. The molecule has 120 valence electrons. The quantitative estimate of drug-likeness (QED) is 0.900. The highest BCUT2D eigenvalue weighted by Gasteiger charge is 2.27. The van der Waals surface area contributed by atoms with E-state index < -0.39 is 0 Å². The molecule has 0 spiro atoms. The van der Waals surface area contributed by atoms with Gasteiger partial charge in [0, 0.05) is 11.6 Å². The van der Waals surface area contributed by atoms with E-state index in [4.69, 9.17) is 19.9 Å². The molecule has 0 aromatic heterocycles. The van der Waals surface area contributed by atoms with Crippen molar-refractivity contribution in [3.8, 4) is 17.2 Å². The predicted octanol–water partition coefficient (Wildman–Crippen LogP) is 3.71. The van der Waals surface area contributed by atoms with Crippen LogP contribution >= 0.6 is 12.4 Å². The van der Waals surface area contributed by atoms with Crippen molar-refractivity contribution in [3.05, 3.63) is 17.7 Å². The average Bonchev–Trinajstić information content (AvgIpc) is 2.53. The summed E-state index contributed by atoms with van der Waals surface area (Å²) in [4.78, 5) is 0. The molecule has 1 aliphatic carbocycles. The minimum absolute atomic E-state index is 0. The first-order valence-electron chi connectivity index (χ1n) is 7.27. The molecule has 2 rings (SSSR count). The summed E-state index contributed by atoms with van der Waals surface area (Å²) >= 11 is 0. The molecular weight excluding hydrogens is 290 g/mol. The number of methoxy groups -OCH3 is 3. The highest BCUT2D eigenvalue weighted by atomic mass is 35.5. The number of halogens is 1. The predicted molar refractivity (Wildman–Crippen MR) is 86.8 cm³/mol. The summed E-state index contributed by atoms with van der Waals surface area (Å²) < 4.78 is 16.3. The van der Waals surface area contributed by atoms with E-state index in [1.807, 2.05) is 12.1 Å². The van der Waals surface area contributed by atoms with E-state index in [1.165, 1.54) is 32.1 Å². The Bertz CT molecular complexity index is 447. The number of rotatable bonds is 5. The zero-order valence-corrected chi connectivity index (χ0v) is 13.9. The van der Waals surface area contributed by atoms with Crippen LogP contribution in [0, 0.1) is 5.92 Å². The normalized spacial score (nSPS) is 16.8. The Hall–Kier alpha value is -1.13. The van der Waals surface area contributed by atoms with Crippen molar-refractivity contribution in [3.63, 3.8) is 0 Å². The van der Waals surface area contributed by atoms with Crippen molar-refractivity contribution in [1.29, 1.82) is 0 Å². The smallest absolute Gasteiger partial charge is 0.203 e. The van der Waals surface area contributed by atoms with Crippen LogP contribution in [0.25, 0.3) is 0 Å². The SMILES string of the molecule is COc1ccc([C@H](N)C2CCCCC2)c(OC)c1OC.Cl. The Morgan fingerprint density at radius 2 is 1.57 bits per heavy atom. The van der Waals surface area contributed by atoms with E-state index >= 15 is 0 Å². The lowest BCUT2D eigenvalue weighted by Crippen LogP contribution is -2.24. The van der Waals surface area contributed by atoms with Gasteiger partial charge < -0.3 is 19.9 Å². The molecule has 4 nitrogen and oxygen atoms in total. The Kier molecular flexibility index (Phi) is 7.12. The number of hydrogen-bond donors (Lipinski definition) is 1. The summed E-state index contributed by atoms with van der Waals surface area (Å²) in [5, 5.41) is 0. The van der Waals surface area contributed by atoms with Crippen molar-refractivity contribution in [2.45, 2.75) is 38.1 Å². The maximum absolute atomic E-state index is 6.48. The molecule has 0 aliphatic heterocycles. The van der Waals surface area contributed by atoms with Gasteiger partial charge >= 0.3 is 0 Å². The van der Waals surface area contributed by atoms with Gasteiger partial charge in [0.25, 0.3) is 0 Å². The van der Waals surface area contributed by atoms with Crippen molar-refractivity contribution in [2.24, 2.45) is 11.7 Å². The molecule has 1 atom stereocenters. The van der Waals surface area contributed by atoms with Gasteiger partial charge in [0.2, 0.25) is 5.75 Å². The topological polar surface area (TPSA) is 53.7 Å². The van der Waals surface area contributed by atoms with E-state index in [9.17, 15) is 0 Å². The lowest BCUT2D eigenvalue weighted by molar-refractivity contribution is 0.291. The Labute approximate surface area is 133 Å². The fraction of sp³-hybridized carbons (Fsp3) is 0.625. The molecule has 1 saturated carbocycles. The molecule has 0 bridgehead atoms. The Morgan fingerprint density at radius 3 is 2.10 bits per heavy atom. The Morgan fingerprint density at radius 1 is 0.952 bits per heavy atom. The molecule has 0 unspecified atom stereocenters. The summed E-state index contributed by atoms with van der Waals surface area (Å²) in [5.74, 6) is 2.52. The number of nitrogens with two attached hydrogens (primary N) is 1. The maximum atomic E-state index is 6.48. The zero-order chi connectivity index (χ0) is 14.5. The minimum atomic E-state index is -0.00921. The van der Waals surface area contributed by atoms with Crippen molar-refractivity contribution < 1.29 is 14.2 Å². The molecule has 1 fully saturated rings. The molecule has 2 N–H and O–H groups in total. The first-order chi connectivity index (χ1) is 9.72. The summed E-state index contributed by atoms with van der Waals surface area (Å²) in [7, 11) is 4.89. The van der Waals surface area contributed by atoms with E-state index in [0.29, 0.717) is 23.2 Å². The van der Waals surface area contributed by atoms with E-state index in [1.54, 1.807) is 21.3 Å². The van der Waals surface area contributed by atoms with Crippen LogP contribution in [0.15, 0.2) is 12.1 Å². The molecule has 0 radical (unpaired) electrons. The van der Waals surface area contributed by atoms with E-state index in [0.717, 1.165) is 5.56 Å². The van der Waals surface area contributed by atoms with Gasteiger partial charge in [-0.2, -0.15) is 0 Å². The van der Waals surface area contributed by atoms with Crippen LogP contribution in [-0.2, 0) is 0 Å². The van der Waals surface area contributed by atoms with Gasteiger partial charge in [0.05, 0.1) is 21.3 Å². The van der Waals surface area contributed by atoms with E-state index in [-0.39, 0.29) is 18.4 Å². The molecule has 0 heterocycles. The van der Waals surface area contributed by atoms with Crippen LogP contribution in [0.5, 0.6) is 17.2 Å². The standard InChI is InChI=1S/C16H25NO3.ClH/c1-18-13-10-9-12(15(19-2)16(13)20-3)14(17)11-7-5-4-6-8-11;/h9-11,14H,4-8,17H2,1-3H3;1H/t14-;/m1./s1. The highest BCUT2D eigenvalue weighted by molar-refractivity contribution is 5.85. The van der Waals surface area contributed by atoms with Crippen molar-refractivity contribution >= 4 is 12.4 Å². The van der Waals surface area contributed by atoms with E-state index in [2.05, 4.69) is 0 Å². The molecule has 1 aromatic carbocycles. The van der Waals surface area contributed by atoms with Gasteiger partial charge in [0.1, 0.15) is 0 Å². The number of ether oxygens (including phenoxy) is 3. The third kappa shape index (κ3) is 3.74. The maximum Gasteiger partial charge on any atom is 0.203 e. The summed E-state index contributed by atoms with van der Waals surface area (Å²) in [6.07, 6.45) is 6.26. The highest BCUT2D eigenvalue weighted by Crippen LogP contribution is 2.44. The van der Waals surface area contributed by atoms with Gasteiger partial charge in [-0.05, 0) is 30.9 Å². The van der Waals surface area contributed by atoms with Gasteiger partial charge in [-0.15, -0.1) is 12.4 Å². The van der Waals surface area contributed by atoms with Crippen LogP contribution < -0.4 is 19.9 Å². The summed E-state index contributed by atoms with van der Waals surface area (Å²) in [5.41, 5.74) is 7.50. The third-order valence-electron chi connectivity index (χ3n) is 4.25. The number of hydrogen-bond acceptors (Lipinski definition) is 4. The van der Waals surface area contributed by atoms with Crippen LogP contribution in [-0.4, -0.2) is 21.3 Å². The van der Waals surface area contributed by atoms with Crippen molar-refractivity contribution in [1.82, 2.24) is 0 Å². The third-order valence-corrected chi connectivity index (χ3v) is 4.25. The molecule has 0 amide bonds. The lowest BCUT2D eigenvalue weighted by Gasteiger charge is -2.29. The van der Waals surface area contributed by atoms with Gasteiger partial charge in [-0.3, -0.25) is 0 Å². The van der Waals surface area contributed by atoms with Gasteiger partial charge in [-0.25, -0.2) is 0 Å². The molecule has 1 aliphatic rings. The number of benzene rings is 1. The second kappa shape index (κ2) is 8.35. The average molecular weight is 316 g/mol. The molecular formula is C16H26ClNO3. The van der Waals surface area contributed by atoms with Gasteiger partial charge in [-0.1, -0.05) is 19.3 Å². The molecule has 0 saturated heterocycles. The first kappa shape index (κ1) is 17.9.